The summed E-state index contributed by atoms with van der Waals surface area (Å²) in [7, 11) is 0. The van der Waals surface area contributed by atoms with Gasteiger partial charge in [-0.2, -0.15) is 0 Å². The third-order valence-corrected chi connectivity index (χ3v) is 6.21. The number of rotatable bonds is 6. The van der Waals surface area contributed by atoms with Crippen molar-refractivity contribution in [2.45, 2.75) is 38.6 Å². The van der Waals surface area contributed by atoms with E-state index in [9.17, 15) is 4.79 Å². The zero-order valence-electron chi connectivity index (χ0n) is 18.1. The Labute approximate surface area is 181 Å². The Morgan fingerprint density at radius 3 is 2.65 bits per heavy atom. The lowest BCUT2D eigenvalue weighted by atomic mass is 10.0. The molecule has 1 atom stereocenters. The van der Waals surface area contributed by atoms with Gasteiger partial charge in [0.05, 0.1) is 35.9 Å². The molecule has 5 rings (SSSR count). The zero-order valence-corrected chi connectivity index (χ0v) is 18.1. The molecule has 0 spiro atoms. The number of amides is 1. The third-order valence-electron chi connectivity index (χ3n) is 6.21. The fourth-order valence-corrected chi connectivity index (χ4v) is 4.19. The van der Waals surface area contributed by atoms with Gasteiger partial charge in [-0.3, -0.25) is 9.69 Å². The number of carbonyl (C=O) groups is 1. The molecule has 2 aromatic heterocycles. The minimum Gasteiger partial charge on any atom is -0.379 e. The molecule has 1 aliphatic heterocycles. The molecule has 31 heavy (non-hydrogen) atoms. The number of ether oxygens (including phenoxy) is 1. The van der Waals surface area contributed by atoms with E-state index in [0.29, 0.717) is 28.3 Å². The topological polar surface area (TPSA) is 80.5 Å². The Morgan fingerprint density at radius 2 is 1.94 bits per heavy atom. The summed E-state index contributed by atoms with van der Waals surface area (Å²) in [6.45, 7) is 7.86. The summed E-state index contributed by atoms with van der Waals surface area (Å²) in [6, 6.07) is 10.2. The number of aryl methyl sites for hydroxylation is 2. The molecule has 1 amide bonds. The molecule has 1 N–H and O–H groups in total. The van der Waals surface area contributed by atoms with Crippen LogP contribution in [0.1, 0.15) is 57.7 Å². The standard InChI is InChI=1S/C24H28N4O3/c1-15-3-5-18(6-4-15)21(14-28-9-11-30-12-10-28)25-23(29)19-13-20(17-7-8-17)26-24-22(19)16(2)27-31-24/h3-6,13,17,21H,7-12,14H2,1-2H3,(H,25,29). The van der Waals surface area contributed by atoms with Crippen LogP contribution < -0.4 is 5.32 Å². The van der Waals surface area contributed by atoms with E-state index in [2.05, 4.69) is 51.5 Å². The fraction of sp³-hybridized carbons (Fsp3) is 0.458. The maximum absolute atomic E-state index is 13.5. The SMILES string of the molecule is Cc1ccc(C(CN2CCOCC2)NC(=O)c2cc(C3CC3)nc3onc(C)c23)cc1. The van der Waals surface area contributed by atoms with Crippen molar-refractivity contribution in [3.8, 4) is 0 Å². The molecule has 1 unspecified atom stereocenters. The van der Waals surface area contributed by atoms with Crippen molar-refractivity contribution in [3.63, 3.8) is 0 Å². The molecule has 162 valence electrons. The van der Waals surface area contributed by atoms with Gasteiger partial charge in [-0.1, -0.05) is 35.0 Å². The number of fused-ring (bicyclic) bond motifs is 1. The number of nitrogens with zero attached hydrogens (tertiary/aromatic N) is 3. The highest BCUT2D eigenvalue weighted by molar-refractivity contribution is 6.06. The van der Waals surface area contributed by atoms with Gasteiger partial charge in [-0.15, -0.1) is 0 Å². The molecule has 1 aliphatic carbocycles. The van der Waals surface area contributed by atoms with Crippen molar-refractivity contribution in [3.05, 3.63) is 58.4 Å². The van der Waals surface area contributed by atoms with Crippen LogP contribution in [0.4, 0.5) is 0 Å². The minimum absolute atomic E-state index is 0.112. The molecule has 1 aromatic carbocycles. The first kappa shape index (κ1) is 20.2. The molecular weight excluding hydrogens is 392 g/mol. The van der Waals surface area contributed by atoms with Gasteiger partial charge >= 0.3 is 0 Å². The molecule has 3 heterocycles. The molecule has 0 bridgehead atoms. The van der Waals surface area contributed by atoms with Crippen molar-refractivity contribution in [1.29, 1.82) is 0 Å². The van der Waals surface area contributed by atoms with E-state index in [0.717, 1.165) is 56.9 Å². The summed E-state index contributed by atoms with van der Waals surface area (Å²) >= 11 is 0. The van der Waals surface area contributed by atoms with Crippen molar-refractivity contribution in [2.24, 2.45) is 0 Å². The molecule has 0 radical (unpaired) electrons. The molecule has 1 saturated carbocycles. The van der Waals surface area contributed by atoms with Crippen LogP contribution >= 0.6 is 0 Å². The van der Waals surface area contributed by atoms with Gasteiger partial charge in [0.2, 0.25) is 0 Å². The predicted octanol–water partition coefficient (Wildman–Crippen LogP) is 3.52. The number of benzene rings is 1. The third kappa shape index (κ3) is 4.34. The van der Waals surface area contributed by atoms with E-state index in [1.165, 1.54) is 5.56 Å². The first-order chi connectivity index (χ1) is 15.1. The normalized spacial score (nSPS) is 18.3. The van der Waals surface area contributed by atoms with Gasteiger partial charge in [0.1, 0.15) is 0 Å². The summed E-state index contributed by atoms with van der Waals surface area (Å²) in [5.74, 6) is 0.307. The lowest BCUT2D eigenvalue weighted by Gasteiger charge is -2.31. The second kappa shape index (κ2) is 8.40. The zero-order chi connectivity index (χ0) is 21.4. The Hall–Kier alpha value is -2.77. The van der Waals surface area contributed by atoms with Gasteiger partial charge in [-0.25, -0.2) is 4.98 Å². The van der Waals surface area contributed by atoms with E-state index >= 15 is 0 Å². The predicted molar refractivity (Wildman–Crippen MR) is 117 cm³/mol. The van der Waals surface area contributed by atoms with Gasteiger partial charge in [0.25, 0.3) is 11.6 Å². The maximum Gasteiger partial charge on any atom is 0.259 e. The molecule has 2 aliphatic rings. The smallest absolute Gasteiger partial charge is 0.259 e. The highest BCUT2D eigenvalue weighted by Crippen LogP contribution is 2.40. The number of hydrogen-bond acceptors (Lipinski definition) is 6. The summed E-state index contributed by atoms with van der Waals surface area (Å²) in [4.78, 5) is 20.5. The second-order valence-corrected chi connectivity index (χ2v) is 8.67. The Bertz CT molecular complexity index is 1080. The second-order valence-electron chi connectivity index (χ2n) is 8.67. The first-order valence-electron chi connectivity index (χ1n) is 11.0. The van der Waals surface area contributed by atoms with Crippen molar-refractivity contribution >= 4 is 17.0 Å². The monoisotopic (exact) mass is 420 g/mol. The average Bonchev–Trinajstić information content (AvgIpc) is 3.57. The number of pyridine rings is 1. The lowest BCUT2D eigenvalue weighted by molar-refractivity contribution is 0.0332. The first-order valence-corrected chi connectivity index (χ1v) is 11.0. The van der Waals surface area contributed by atoms with Gasteiger partial charge in [0.15, 0.2) is 0 Å². The van der Waals surface area contributed by atoms with Crippen LogP contribution in [-0.4, -0.2) is 53.8 Å². The highest BCUT2D eigenvalue weighted by Gasteiger charge is 2.29. The summed E-state index contributed by atoms with van der Waals surface area (Å²) in [5.41, 5.74) is 4.96. The number of morpholine rings is 1. The van der Waals surface area contributed by atoms with Crippen LogP contribution in [0.3, 0.4) is 0 Å². The van der Waals surface area contributed by atoms with E-state index in [1.54, 1.807) is 0 Å². The number of nitrogens with one attached hydrogen (secondary N) is 1. The lowest BCUT2D eigenvalue weighted by Crippen LogP contribution is -2.43. The van der Waals surface area contributed by atoms with Crippen LogP contribution in [0.2, 0.25) is 0 Å². The van der Waals surface area contributed by atoms with Gasteiger partial charge in [0, 0.05) is 31.2 Å². The van der Waals surface area contributed by atoms with E-state index in [4.69, 9.17) is 9.26 Å². The summed E-state index contributed by atoms with van der Waals surface area (Å²) in [5, 5.41) is 8.06. The quantitative estimate of drug-likeness (QED) is 0.657. The Balaban J connectivity index is 1.46. The molecule has 3 aromatic rings. The molecule has 7 heteroatoms. The molecule has 7 nitrogen and oxygen atoms in total. The largest absolute Gasteiger partial charge is 0.379 e. The van der Waals surface area contributed by atoms with E-state index in [-0.39, 0.29) is 11.9 Å². The van der Waals surface area contributed by atoms with Crippen molar-refractivity contribution in [2.75, 3.05) is 32.8 Å². The Morgan fingerprint density at radius 1 is 1.19 bits per heavy atom. The van der Waals surface area contributed by atoms with Crippen LogP contribution in [-0.2, 0) is 4.74 Å². The van der Waals surface area contributed by atoms with Gasteiger partial charge < -0.3 is 14.6 Å². The molecule has 2 fully saturated rings. The van der Waals surface area contributed by atoms with Crippen molar-refractivity contribution in [1.82, 2.24) is 20.4 Å². The number of aromatic nitrogens is 2. The maximum atomic E-state index is 13.5. The van der Waals surface area contributed by atoms with Gasteiger partial charge in [-0.05, 0) is 38.3 Å². The van der Waals surface area contributed by atoms with Crippen LogP contribution in [0, 0.1) is 13.8 Å². The van der Waals surface area contributed by atoms with E-state index < -0.39 is 0 Å². The highest BCUT2D eigenvalue weighted by atomic mass is 16.5. The van der Waals surface area contributed by atoms with Crippen LogP contribution in [0.15, 0.2) is 34.9 Å². The number of hydrogen-bond donors (Lipinski definition) is 1. The fourth-order valence-electron chi connectivity index (χ4n) is 4.19. The van der Waals surface area contributed by atoms with Crippen LogP contribution in [0.5, 0.6) is 0 Å². The Kier molecular flexibility index (Phi) is 5.46. The molecule has 1 saturated heterocycles. The van der Waals surface area contributed by atoms with E-state index in [1.807, 2.05) is 13.0 Å². The number of carbonyl (C=O) groups excluding carboxylic acids is 1. The molecular formula is C24H28N4O3. The van der Waals surface area contributed by atoms with Crippen LogP contribution in [0.25, 0.3) is 11.1 Å². The average molecular weight is 421 g/mol. The minimum atomic E-state index is -0.126. The van der Waals surface area contributed by atoms with Crippen molar-refractivity contribution < 1.29 is 14.1 Å². The summed E-state index contributed by atoms with van der Waals surface area (Å²) in [6.07, 6.45) is 2.21. The summed E-state index contributed by atoms with van der Waals surface area (Å²) < 4.78 is 10.9.